The summed E-state index contributed by atoms with van der Waals surface area (Å²) in [5.74, 6) is -0.288. The number of hydrogen-bond acceptors (Lipinski definition) is 4. The molecule has 2 rings (SSSR count). The second-order valence-electron chi connectivity index (χ2n) is 5.65. The molecule has 0 saturated carbocycles. The van der Waals surface area contributed by atoms with Crippen LogP contribution in [0.25, 0.3) is 0 Å². The molecular weight excluding hydrogens is 306 g/mol. The fraction of sp³-hybridized carbons (Fsp3) is 0.263. The molecule has 2 aromatic carbocycles. The molecule has 0 saturated heterocycles. The van der Waals surface area contributed by atoms with Crippen molar-refractivity contribution in [1.29, 1.82) is 0 Å². The Morgan fingerprint density at radius 1 is 1.04 bits per heavy atom. The minimum absolute atomic E-state index is 0.402. The van der Waals surface area contributed by atoms with E-state index in [1.807, 2.05) is 19.9 Å². The number of carbonyl (C=O) groups excluding carboxylic acids is 2. The van der Waals surface area contributed by atoms with Crippen molar-refractivity contribution in [2.24, 2.45) is 0 Å². The second-order valence-corrected chi connectivity index (χ2v) is 5.65. The topological polar surface area (TPSA) is 64.6 Å². The zero-order chi connectivity index (χ0) is 17.7. The normalized spacial score (nSPS) is 11.5. The molecule has 24 heavy (non-hydrogen) atoms. The molecule has 0 aromatic heterocycles. The number of hydrogen-bond donors (Lipinski definition) is 1. The number of methoxy groups -OCH3 is 1. The van der Waals surface area contributed by atoms with Gasteiger partial charge in [-0.05, 0) is 45.0 Å². The third-order valence-electron chi connectivity index (χ3n) is 3.45. The van der Waals surface area contributed by atoms with Gasteiger partial charge in [0.2, 0.25) is 0 Å². The molecule has 5 heteroatoms. The summed E-state index contributed by atoms with van der Waals surface area (Å²) < 4.78 is 10.4. The first-order chi connectivity index (χ1) is 11.4. The molecule has 0 aliphatic heterocycles. The van der Waals surface area contributed by atoms with Gasteiger partial charge in [0.15, 0.2) is 6.10 Å². The van der Waals surface area contributed by atoms with E-state index in [1.165, 1.54) is 6.92 Å². The van der Waals surface area contributed by atoms with Gasteiger partial charge < -0.3 is 14.8 Å². The lowest BCUT2D eigenvalue weighted by Crippen LogP contribution is -2.30. The van der Waals surface area contributed by atoms with Crippen LogP contribution in [0.5, 0.6) is 5.75 Å². The van der Waals surface area contributed by atoms with Crippen molar-refractivity contribution >= 4 is 17.6 Å². The van der Waals surface area contributed by atoms with Gasteiger partial charge >= 0.3 is 5.97 Å². The standard InChI is InChI=1S/C19H21NO4/c1-12-8-13(2)10-15(9-12)19(22)24-14(3)18(21)20-16-6-5-7-17(11-16)23-4/h5-11,14H,1-4H3,(H,20,21)/t14-/m1/s1. The number of aryl methyl sites for hydroxylation is 2. The van der Waals surface area contributed by atoms with E-state index >= 15 is 0 Å². The number of anilines is 1. The average Bonchev–Trinajstić information content (AvgIpc) is 2.54. The Morgan fingerprint density at radius 3 is 2.33 bits per heavy atom. The van der Waals surface area contributed by atoms with Crippen LogP contribution in [0.1, 0.15) is 28.4 Å². The molecule has 0 fully saturated rings. The number of amides is 1. The summed E-state index contributed by atoms with van der Waals surface area (Å²) in [6.45, 7) is 5.35. The van der Waals surface area contributed by atoms with E-state index in [2.05, 4.69) is 5.32 Å². The third kappa shape index (κ3) is 4.59. The fourth-order valence-electron chi connectivity index (χ4n) is 2.32. The molecule has 0 bridgehead atoms. The van der Waals surface area contributed by atoms with Crippen LogP contribution in [0, 0.1) is 13.8 Å². The Kier molecular flexibility index (Phi) is 5.58. The summed E-state index contributed by atoms with van der Waals surface area (Å²) in [6, 6.07) is 12.4. The van der Waals surface area contributed by atoms with Crippen molar-refractivity contribution in [3.8, 4) is 5.75 Å². The summed E-state index contributed by atoms with van der Waals surface area (Å²) in [6.07, 6.45) is -0.912. The Morgan fingerprint density at radius 2 is 1.71 bits per heavy atom. The van der Waals surface area contributed by atoms with Gasteiger partial charge in [0.25, 0.3) is 5.91 Å². The zero-order valence-electron chi connectivity index (χ0n) is 14.3. The Balaban J connectivity index is 2.01. The second kappa shape index (κ2) is 7.64. The van der Waals surface area contributed by atoms with Crippen molar-refractivity contribution in [3.63, 3.8) is 0 Å². The number of nitrogens with one attached hydrogen (secondary N) is 1. The lowest BCUT2D eigenvalue weighted by atomic mass is 10.1. The number of benzene rings is 2. The van der Waals surface area contributed by atoms with Crippen LogP contribution in [-0.2, 0) is 9.53 Å². The van der Waals surface area contributed by atoms with Gasteiger partial charge in [-0.15, -0.1) is 0 Å². The highest BCUT2D eigenvalue weighted by Crippen LogP contribution is 2.17. The summed E-state index contributed by atoms with van der Waals surface area (Å²) in [5.41, 5.74) is 2.95. The molecule has 0 aliphatic carbocycles. The summed E-state index contributed by atoms with van der Waals surface area (Å²) in [7, 11) is 1.55. The van der Waals surface area contributed by atoms with Crippen molar-refractivity contribution in [3.05, 3.63) is 59.2 Å². The van der Waals surface area contributed by atoms with Gasteiger partial charge in [0.05, 0.1) is 12.7 Å². The first-order valence-electron chi connectivity index (χ1n) is 7.63. The third-order valence-corrected chi connectivity index (χ3v) is 3.45. The van der Waals surface area contributed by atoms with Crippen molar-refractivity contribution < 1.29 is 19.1 Å². The summed E-state index contributed by atoms with van der Waals surface area (Å²) in [5, 5.41) is 2.70. The fourth-order valence-corrected chi connectivity index (χ4v) is 2.32. The smallest absolute Gasteiger partial charge is 0.338 e. The Bertz CT molecular complexity index is 735. The molecule has 2 aromatic rings. The number of esters is 1. The molecule has 0 spiro atoms. The monoisotopic (exact) mass is 327 g/mol. The maximum atomic E-state index is 12.2. The largest absolute Gasteiger partial charge is 0.497 e. The van der Waals surface area contributed by atoms with Gasteiger partial charge in [-0.25, -0.2) is 4.79 Å². The Hall–Kier alpha value is -2.82. The lowest BCUT2D eigenvalue weighted by molar-refractivity contribution is -0.123. The molecule has 0 radical (unpaired) electrons. The highest BCUT2D eigenvalue weighted by molar-refractivity contribution is 5.97. The zero-order valence-corrected chi connectivity index (χ0v) is 14.3. The molecule has 0 aliphatic rings. The van der Waals surface area contributed by atoms with Crippen LogP contribution in [0.4, 0.5) is 5.69 Å². The first kappa shape index (κ1) is 17.5. The van der Waals surface area contributed by atoms with Crippen LogP contribution >= 0.6 is 0 Å². The lowest BCUT2D eigenvalue weighted by Gasteiger charge is -2.14. The maximum absolute atomic E-state index is 12.2. The van der Waals surface area contributed by atoms with Crippen molar-refractivity contribution in [2.75, 3.05) is 12.4 Å². The quantitative estimate of drug-likeness (QED) is 0.854. The highest BCUT2D eigenvalue weighted by atomic mass is 16.5. The minimum atomic E-state index is -0.912. The number of ether oxygens (including phenoxy) is 2. The highest BCUT2D eigenvalue weighted by Gasteiger charge is 2.19. The molecular formula is C19H21NO4. The SMILES string of the molecule is COc1cccc(NC(=O)[C@@H](C)OC(=O)c2cc(C)cc(C)c2)c1. The van der Waals surface area contributed by atoms with Crippen LogP contribution in [0.2, 0.25) is 0 Å². The summed E-state index contributed by atoms with van der Waals surface area (Å²) in [4.78, 5) is 24.4. The molecule has 0 heterocycles. The first-order valence-corrected chi connectivity index (χ1v) is 7.63. The molecule has 0 unspecified atom stereocenters. The van der Waals surface area contributed by atoms with Crippen LogP contribution in [-0.4, -0.2) is 25.1 Å². The van der Waals surface area contributed by atoms with Crippen molar-refractivity contribution in [1.82, 2.24) is 0 Å². The number of carbonyl (C=O) groups is 2. The predicted molar refractivity (Wildman–Crippen MR) is 92.4 cm³/mol. The van der Waals surface area contributed by atoms with E-state index in [-0.39, 0.29) is 0 Å². The Labute approximate surface area is 141 Å². The minimum Gasteiger partial charge on any atom is -0.497 e. The van der Waals surface area contributed by atoms with E-state index in [4.69, 9.17) is 9.47 Å². The van der Waals surface area contributed by atoms with Crippen LogP contribution in [0.15, 0.2) is 42.5 Å². The molecule has 1 N–H and O–H groups in total. The van der Waals surface area contributed by atoms with Gasteiger partial charge in [0.1, 0.15) is 5.75 Å². The predicted octanol–water partition coefficient (Wildman–Crippen LogP) is 3.50. The summed E-state index contributed by atoms with van der Waals surface area (Å²) >= 11 is 0. The van der Waals surface area contributed by atoms with E-state index in [0.717, 1.165) is 11.1 Å². The van der Waals surface area contributed by atoms with Gasteiger partial charge in [0, 0.05) is 11.8 Å². The molecule has 1 atom stereocenters. The molecule has 5 nitrogen and oxygen atoms in total. The van der Waals surface area contributed by atoms with Crippen LogP contribution < -0.4 is 10.1 Å². The maximum Gasteiger partial charge on any atom is 0.338 e. The average molecular weight is 327 g/mol. The van der Waals surface area contributed by atoms with E-state index in [0.29, 0.717) is 17.0 Å². The van der Waals surface area contributed by atoms with Gasteiger partial charge in [-0.2, -0.15) is 0 Å². The van der Waals surface area contributed by atoms with Gasteiger partial charge in [-0.3, -0.25) is 4.79 Å². The van der Waals surface area contributed by atoms with Crippen molar-refractivity contribution in [2.45, 2.75) is 26.9 Å². The van der Waals surface area contributed by atoms with E-state index in [9.17, 15) is 9.59 Å². The number of rotatable bonds is 5. The van der Waals surface area contributed by atoms with Gasteiger partial charge in [-0.1, -0.05) is 23.3 Å². The van der Waals surface area contributed by atoms with Crippen LogP contribution in [0.3, 0.4) is 0 Å². The molecule has 1 amide bonds. The van der Waals surface area contributed by atoms with E-state index < -0.39 is 18.0 Å². The molecule has 126 valence electrons. The van der Waals surface area contributed by atoms with E-state index in [1.54, 1.807) is 43.5 Å².